The zero-order chi connectivity index (χ0) is 17.5. The molecule has 0 radical (unpaired) electrons. The third-order valence-electron chi connectivity index (χ3n) is 4.12. The number of carbonyl (C=O) groups excluding carboxylic acids is 1. The van der Waals surface area contributed by atoms with E-state index in [1.54, 1.807) is 30.3 Å². The molecule has 2 amide bonds. The standard InChI is InChI=1S/C18H22N4O3/c1-24-15-6-4-14(5-7-15)8-11-19-18(23)22-12-9-16(13-22)25-17-3-2-10-20-21-17/h2-7,10,16H,8-9,11-13H2,1H3,(H,19,23). The molecule has 1 aliphatic heterocycles. The lowest BCUT2D eigenvalue weighted by molar-refractivity contribution is 0.182. The number of hydrogen-bond acceptors (Lipinski definition) is 5. The molecule has 0 saturated carbocycles. The van der Waals surface area contributed by atoms with Crippen molar-refractivity contribution in [3.05, 3.63) is 48.2 Å². The fourth-order valence-corrected chi connectivity index (χ4v) is 2.75. The molecule has 7 heteroatoms. The van der Waals surface area contributed by atoms with Crippen molar-refractivity contribution in [2.45, 2.75) is 18.9 Å². The zero-order valence-corrected chi connectivity index (χ0v) is 14.2. The molecule has 1 saturated heterocycles. The van der Waals surface area contributed by atoms with Crippen LogP contribution < -0.4 is 14.8 Å². The Morgan fingerprint density at radius 3 is 2.88 bits per heavy atom. The van der Waals surface area contributed by atoms with Crippen molar-refractivity contribution < 1.29 is 14.3 Å². The highest BCUT2D eigenvalue weighted by Gasteiger charge is 2.27. The largest absolute Gasteiger partial charge is 0.497 e. The first-order valence-corrected chi connectivity index (χ1v) is 8.34. The second-order valence-corrected chi connectivity index (χ2v) is 5.87. The lowest BCUT2D eigenvalue weighted by Crippen LogP contribution is -2.40. The van der Waals surface area contributed by atoms with Crippen molar-refractivity contribution in [2.24, 2.45) is 0 Å². The lowest BCUT2D eigenvalue weighted by atomic mass is 10.1. The van der Waals surface area contributed by atoms with Crippen LogP contribution in [0.5, 0.6) is 11.6 Å². The fourth-order valence-electron chi connectivity index (χ4n) is 2.75. The minimum Gasteiger partial charge on any atom is -0.497 e. The van der Waals surface area contributed by atoms with E-state index in [0.717, 1.165) is 24.2 Å². The second kappa shape index (κ2) is 8.32. The minimum absolute atomic E-state index is 0.0379. The van der Waals surface area contributed by atoms with Crippen LogP contribution in [0.15, 0.2) is 42.6 Å². The molecule has 0 aliphatic carbocycles. The van der Waals surface area contributed by atoms with Crippen LogP contribution in [0.2, 0.25) is 0 Å². The molecule has 132 valence electrons. The molecule has 0 spiro atoms. The normalized spacial score (nSPS) is 16.5. The molecule has 0 bridgehead atoms. The average Bonchev–Trinajstić information content (AvgIpc) is 3.12. The van der Waals surface area contributed by atoms with Gasteiger partial charge in [-0.1, -0.05) is 12.1 Å². The monoisotopic (exact) mass is 342 g/mol. The quantitative estimate of drug-likeness (QED) is 0.867. The molecule has 1 aromatic carbocycles. The summed E-state index contributed by atoms with van der Waals surface area (Å²) in [5.41, 5.74) is 1.16. The molecule has 7 nitrogen and oxygen atoms in total. The summed E-state index contributed by atoms with van der Waals surface area (Å²) in [7, 11) is 1.65. The van der Waals surface area contributed by atoms with Gasteiger partial charge in [-0.2, -0.15) is 5.10 Å². The average molecular weight is 342 g/mol. The summed E-state index contributed by atoms with van der Waals surface area (Å²) in [5.74, 6) is 1.33. The van der Waals surface area contributed by atoms with Gasteiger partial charge in [0.1, 0.15) is 11.9 Å². The molecule has 2 heterocycles. The Labute approximate surface area is 147 Å². The maximum Gasteiger partial charge on any atom is 0.317 e. The number of ether oxygens (including phenoxy) is 2. The number of benzene rings is 1. The first-order valence-electron chi connectivity index (χ1n) is 8.34. The van der Waals surface area contributed by atoms with Crippen LogP contribution in [-0.4, -0.2) is 54.0 Å². The summed E-state index contributed by atoms with van der Waals surface area (Å²) in [6, 6.07) is 11.3. The van der Waals surface area contributed by atoms with Crippen LogP contribution in [0.3, 0.4) is 0 Å². The molecule has 1 aromatic heterocycles. The van der Waals surface area contributed by atoms with Crippen LogP contribution in [0.25, 0.3) is 0 Å². The summed E-state index contributed by atoms with van der Waals surface area (Å²) in [4.78, 5) is 14.0. The van der Waals surface area contributed by atoms with Crippen molar-refractivity contribution in [2.75, 3.05) is 26.7 Å². The molecule has 1 unspecified atom stereocenters. The van der Waals surface area contributed by atoms with Gasteiger partial charge in [-0.3, -0.25) is 0 Å². The van der Waals surface area contributed by atoms with Gasteiger partial charge in [0.15, 0.2) is 0 Å². The van der Waals surface area contributed by atoms with E-state index < -0.39 is 0 Å². The van der Waals surface area contributed by atoms with Gasteiger partial charge in [-0.15, -0.1) is 5.10 Å². The Hall–Kier alpha value is -2.83. The van der Waals surface area contributed by atoms with E-state index in [1.807, 2.05) is 24.3 Å². The van der Waals surface area contributed by atoms with E-state index in [9.17, 15) is 4.79 Å². The second-order valence-electron chi connectivity index (χ2n) is 5.87. The van der Waals surface area contributed by atoms with Crippen LogP contribution in [0, 0.1) is 0 Å². The number of rotatable bonds is 6. The third kappa shape index (κ3) is 4.82. The molecule has 1 fully saturated rings. The van der Waals surface area contributed by atoms with Crippen molar-refractivity contribution in [3.63, 3.8) is 0 Å². The highest BCUT2D eigenvalue weighted by molar-refractivity contribution is 5.74. The van der Waals surface area contributed by atoms with Crippen LogP contribution in [0.4, 0.5) is 4.79 Å². The first-order chi connectivity index (χ1) is 12.2. The Morgan fingerprint density at radius 1 is 1.32 bits per heavy atom. The number of methoxy groups -OCH3 is 1. The Bertz CT molecular complexity index is 678. The van der Waals surface area contributed by atoms with Gasteiger partial charge in [-0.25, -0.2) is 4.79 Å². The van der Waals surface area contributed by atoms with E-state index in [-0.39, 0.29) is 12.1 Å². The molecular formula is C18H22N4O3. The van der Waals surface area contributed by atoms with Gasteiger partial charge < -0.3 is 19.7 Å². The molecule has 1 atom stereocenters. The summed E-state index contributed by atoms with van der Waals surface area (Å²) < 4.78 is 10.9. The van der Waals surface area contributed by atoms with E-state index in [4.69, 9.17) is 9.47 Å². The van der Waals surface area contributed by atoms with Crippen molar-refractivity contribution in [1.82, 2.24) is 20.4 Å². The van der Waals surface area contributed by atoms with E-state index >= 15 is 0 Å². The van der Waals surface area contributed by atoms with Crippen molar-refractivity contribution in [1.29, 1.82) is 0 Å². The Kier molecular flexibility index (Phi) is 5.66. The molecular weight excluding hydrogens is 320 g/mol. The lowest BCUT2D eigenvalue weighted by Gasteiger charge is -2.17. The summed E-state index contributed by atoms with van der Waals surface area (Å²) in [6.07, 6.45) is 3.14. The summed E-state index contributed by atoms with van der Waals surface area (Å²) >= 11 is 0. The number of aromatic nitrogens is 2. The van der Waals surface area contributed by atoms with Gasteiger partial charge in [0, 0.05) is 31.8 Å². The number of nitrogens with zero attached hydrogens (tertiary/aromatic N) is 3. The maximum atomic E-state index is 12.2. The molecule has 3 rings (SSSR count). The molecule has 25 heavy (non-hydrogen) atoms. The molecule has 1 N–H and O–H groups in total. The number of nitrogens with one attached hydrogen (secondary N) is 1. The van der Waals surface area contributed by atoms with E-state index in [1.165, 1.54) is 0 Å². The topological polar surface area (TPSA) is 76.6 Å². The van der Waals surface area contributed by atoms with Gasteiger partial charge in [0.05, 0.1) is 13.7 Å². The predicted octanol–water partition coefficient (Wildman–Crippen LogP) is 1.89. The third-order valence-corrected chi connectivity index (χ3v) is 4.12. The number of carbonyl (C=O) groups is 1. The number of hydrogen-bond donors (Lipinski definition) is 1. The fraction of sp³-hybridized carbons (Fsp3) is 0.389. The van der Waals surface area contributed by atoms with Crippen molar-refractivity contribution >= 4 is 6.03 Å². The number of likely N-dealkylation sites (tertiary alicyclic amines) is 1. The number of amides is 2. The molecule has 2 aromatic rings. The highest BCUT2D eigenvalue weighted by atomic mass is 16.5. The van der Waals surface area contributed by atoms with Crippen molar-refractivity contribution in [3.8, 4) is 11.6 Å². The SMILES string of the molecule is COc1ccc(CCNC(=O)N2CCC(Oc3cccnn3)C2)cc1. The van der Waals surface area contributed by atoms with Gasteiger partial charge in [0.25, 0.3) is 0 Å². The highest BCUT2D eigenvalue weighted by Crippen LogP contribution is 2.16. The summed E-state index contributed by atoms with van der Waals surface area (Å²) in [5, 5.41) is 10.7. The van der Waals surface area contributed by atoms with Gasteiger partial charge in [-0.05, 0) is 30.2 Å². The van der Waals surface area contributed by atoms with Crippen LogP contribution in [-0.2, 0) is 6.42 Å². The van der Waals surface area contributed by atoms with E-state index in [2.05, 4.69) is 15.5 Å². The first kappa shape index (κ1) is 17.0. The Balaban J connectivity index is 1.40. The minimum atomic E-state index is -0.0567. The smallest absolute Gasteiger partial charge is 0.317 e. The van der Waals surface area contributed by atoms with E-state index in [0.29, 0.717) is 25.5 Å². The Morgan fingerprint density at radius 2 is 2.16 bits per heavy atom. The van der Waals surface area contributed by atoms with Crippen LogP contribution >= 0.6 is 0 Å². The number of urea groups is 1. The predicted molar refractivity (Wildman–Crippen MR) is 92.7 cm³/mol. The zero-order valence-electron chi connectivity index (χ0n) is 14.2. The molecule has 1 aliphatic rings. The van der Waals surface area contributed by atoms with Gasteiger partial charge in [0.2, 0.25) is 5.88 Å². The maximum absolute atomic E-state index is 12.2. The van der Waals surface area contributed by atoms with Crippen LogP contribution in [0.1, 0.15) is 12.0 Å². The summed E-state index contributed by atoms with van der Waals surface area (Å²) in [6.45, 7) is 1.83. The van der Waals surface area contributed by atoms with Gasteiger partial charge >= 0.3 is 6.03 Å².